The molecule has 0 aliphatic carbocycles. The van der Waals surface area contributed by atoms with Crippen LogP contribution in [0.5, 0.6) is 0 Å². The monoisotopic (exact) mass is 210 g/mol. The molecule has 0 fully saturated rings. The highest BCUT2D eigenvalue weighted by Gasteiger charge is 1.96. The largest absolute Gasteiger partial charge is 0.299 e. The van der Waals surface area contributed by atoms with Crippen molar-refractivity contribution in [3.63, 3.8) is 0 Å². The normalized spacial score (nSPS) is 10.4. The van der Waals surface area contributed by atoms with Crippen molar-refractivity contribution in [3.05, 3.63) is 40.6 Å². The molecule has 2 heteroatoms. The lowest BCUT2D eigenvalue weighted by Gasteiger charge is -2.02. The zero-order valence-corrected chi connectivity index (χ0v) is 10.1. The fourth-order valence-corrected chi connectivity index (χ4v) is 1.23. The molecule has 0 aromatic heterocycles. The first kappa shape index (κ1) is 13.7. The molecule has 0 saturated heterocycles. The van der Waals surface area contributed by atoms with Crippen molar-refractivity contribution in [3.8, 4) is 0 Å². The summed E-state index contributed by atoms with van der Waals surface area (Å²) in [5, 5.41) is 0. The predicted octanol–water partition coefficient (Wildman–Crippen LogP) is 4.59. The van der Waals surface area contributed by atoms with Gasteiger partial charge in [-0.15, -0.1) is 0 Å². The summed E-state index contributed by atoms with van der Waals surface area (Å²) in [5.41, 5.74) is 3.31. The average molecular weight is 210 g/mol. The molecule has 0 bridgehead atoms. The minimum Gasteiger partial charge on any atom is -0.299 e. The minimum atomic E-state index is 0.270. The van der Waals surface area contributed by atoms with E-state index in [4.69, 9.17) is 0 Å². The second-order valence-corrected chi connectivity index (χ2v) is 3.19. The van der Waals surface area contributed by atoms with Gasteiger partial charge in [0.1, 0.15) is 5.76 Å². The van der Waals surface area contributed by atoms with Gasteiger partial charge in [-0.3, -0.25) is 4.94 Å². The molecule has 0 radical (unpaired) electrons. The number of allylic oxidation sites excluding steroid dienone is 1. The van der Waals surface area contributed by atoms with E-state index in [2.05, 4.69) is 11.0 Å². The lowest BCUT2D eigenvalue weighted by molar-refractivity contribution is -0.0803. The fraction of sp³-hybridized carbons (Fsp3) is 0.385. The highest BCUT2D eigenvalue weighted by Crippen LogP contribution is 2.14. The smallest absolute Gasteiger partial charge is 0.146 e. The molecule has 84 valence electrons. The average Bonchev–Trinajstić information content (AvgIpc) is 2.25. The van der Waals surface area contributed by atoms with E-state index in [-0.39, 0.29) is 5.76 Å². The number of rotatable bonds is 2. The molecule has 1 aromatic carbocycles. The Morgan fingerprint density at radius 1 is 1.27 bits per heavy atom. The van der Waals surface area contributed by atoms with Gasteiger partial charge in [-0.2, -0.15) is 0 Å². The molecule has 0 N–H and O–H groups in total. The maximum Gasteiger partial charge on any atom is 0.146 e. The van der Waals surface area contributed by atoms with Gasteiger partial charge in [-0.1, -0.05) is 37.6 Å². The molecule has 0 spiro atoms. The van der Waals surface area contributed by atoms with Gasteiger partial charge in [0.25, 0.3) is 0 Å². The van der Waals surface area contributed by atoms with Crippen molar-refractivity contribution in [1.82, 2.24) is 0 Å². The Bertz CT molecular complexity index is 329. The van der Waals surface area contributed by atoms with Crippen LogP contribution in [0.1, 0.15) is 37.5 Å². The molecule has 1 nitrogen and oxygen atoms in total. The number of halogens is 1. The number of aryl methyl sites for hydroxylation is 2. The quantitative estimate of drug-likeness (QED) is 0.648. The summed E-state index contributed by atoms with van der Waals surface area (Å²) in [5.74, 6) is 0.270. The fourth-order valence-electron chi connectivity index (χ4n) is 1.23. The summed E-state index contributed by atoms with van der Waals surface area (Å²) in [6.07, 6.45) is 1.68. The first-order valence-corrected chi connectivity index (χ1v) is 5.17. The molecule has 0 aliphatic rings. The maximum atomic E-state index is 11.7. The second-order valence-electron chi connectivity index (χ2n) is 3.19. The number of hydrogen-bond acceptors (Lipinski definition) is 1. The Kier molecular flexibility index (Phi) is 6.43. The Hall–Kier alpha value is -1.31. The summed E-state index contributed by atoms with van der Waals surface area (Å²) in [6.45, 7) is 9.60. The lowest BCUT2D eigenvalue weighted by Crippen LogP contribution is -1.84. The van der Waals surface area contributed by atoms with Crippen molar-refractivity contribution in [2.24, 2.45) is 0 Å². The van der Waals surface area contributed by atoms with E-state index in [1.165, 1.54) is 5.56 Å². The van der Waals surface area contributed by atoms with Crippen LogP contribution in [0.4, 0.5) is 4.53 Å². The molecule has 0 amide bonds. The van der Waals surface area contributed by atoms with Crippen LogP contribution < -0.4 is 0 Å². The zero-order valence-electron chi connectivity index (χ0n) is 10.1. The van der Waals surface area contributed by atoms with Crippen LogP contribution >= 0.6 is 0 Å². The van der Waals surface area contributed by atoms with Crippen LogP contribution in [0.3, 0.4) is 0 Å². The summed E-state index contributed by atoms with van der Waals surface area (Å²) < 4.78 is 11.7. The third kappa shape index (κ3) is 4.63. The molecule has 0 atom stereocenters. The Morgan fingerprint density at radius 2 is 1.87 bits per heavy atom. The standard InChI is InChI=1S/C11H13FO.C2H6/c1-8-4-5-11(9(2)6-8)7-10(3)13-12;1-2/h4-7H,1-3H3;1-2H3/b10-7+;. The Balaban J connectivity index is 0.000000921. The van der Waals surface area contributed by atoms with E-state index >= 15 is 0 Å². The third-order valence-electron chi connectivity index (χ3n) is 1.91. The predicted molar refractivity (Wildman–Crippen MR) is 63.1 cm³/mol. The minimum absolute atomic E-state index is 0.270. The molecule has 0 aliphatic heterocycles. The highest BCUT2D eigenvalue weighted by atomic mass is 19.3. The van der Waals surface area contributed by atoms with Crippen molar-refractivity contribution >= 4 is 6.08 Å². The van der Waals surface area contributed by atoms with Crippen LogP contribution in [-0.4, -0.2) is 0 Å². The highest BCUT2D eigenvalue weighted by molar-refractivity contribution is 5.55. The van der Waals surface area contributed by atoms with E-state index in [0.29, 0.717) is 0 Å². The summed E-state index contributed by atoms with van der Waals surface area (Å²) >= 11 is 0. The summed E-state index contributed by atoms with van der Waals surface area (Å²) in [4.78, 5) is 3.60. The Morgan fingerprint density at radius 3 is 2.33 bits per heavy atom. The topological polar surface area (TPSA) is 9.23 Å². The number of benzene rings is 1. The molecular weight excluding hydrogens is 191 g/mol. The third-order valence-corrected chi connectivity index (χ3v) is 1.91. The maximum absolute atomic E-state index is 11.7. The van der Waals surface area contributed by atoms with Crippen molar-refractivity contribution < 1.29 is 9.47 Å². The van der Waals surface area contributed by atoms with Gasteiger partial charge in [0.2, 0.25) is 0 Å². The molecule has 0 heterocycles. The van der Waals surface area contributed by atoms with Crippen molar-refractivity contribution in [1.29, 1.82) is 0 Å². The molecule has 0 saturated carbocycles. The second kappa shape index (κ2) is 7.04. The molecule has 1 aromatic rings. The van der Waals surface area contributed by atoms with Crippen LogP contribution in [0.15, 0.2) is 24.0 Å². The zero-order chi connectivity index (χ0) is 11.8. The molecule has 0 unspecified atom stereocenters. The van der Waals surface area contributed by atoms with Gasteiger partial charge in [0.05, 0.1) is 0 Å². The lowest BCUT2D eigenvalue weighted by atomic mass is 10.1. The van der Waals surface area contributed by atoms with Crippen LogP contribution in [0.25, 0.3) is 6.08 Å². The van der Waals surface area contributed by atoms with E-state index in [0.717, 1.165) is 11.1 Å². The Labute approximate surface area is 91.5 Å². The molecular formula is C13H19FO. The van der Waals surface area contributed by atoms with Gasteiger partial charge in [-0.05, 0) is 38.0 Å². The van der Waals surface area contributed by atoms with Gasteiger partial charge < -0.3 is 0 Å². The van der Waals surface area contributed by atoms with Gasteiger partial charge in [-0.25, -0.2) is 0 Å². The molecule has 15 heavy (non-hydrogen) atoms. The summed E-state index contributed by atoms with van der Waals surface area (Å²) in [7, 11) is 0. The van der Waals surface area contributed by atoms with Gasteiger partial charge in [0, 0.05) is 4.53 Å². The van der Waals surface area contributed by atoms with E-state index in [1.807, 2.05) is 39.8 Å². The van der Waals surface area contributed by atoms with E-state index in [9.17, 15) is 4.53 Å². The van der Waals surface area contributed by atoms with E-state index < -0.39 is 0 Å². The van der Waals surface area contributed by atoms with Gasteiger partial charge in [0.15, 0.2) is 0 Å². The first-order chi connectivity index (χ1) is 7.13. The first-order valence-electron chi connectivity index (χ1n) is 5.17. The van der Waals surface area contributed by atoms with E-state index in [1.54, 1.807) is 13.0 Å². The SMILES string of the molecule is C/C(=C\c1ccc(C)cc1C)OF.CC. The van der Waals surface area contributed by atoms with Crippen molar-refractivity contribution in [2.45, 2.75) is 34.6 Å². The number of hydrogen-bond donors (Lipinski definition) is 0. The van der Waals surface area contributed by atoms with Crippen LogP contribution in [0, 0.1) is 13.8 Å². The van der Waals surface area contributed by atoms with Crippen LogP contribution in [-0.2, 0) is 4.94 Å². The molecule has 1 rings (SSSR count). The van der Waals surface area contributed by atoms with Crippen molar-refractivity contribution in [2.75, 3.05) is 0 Å². The van der Waals surface area contributed by atoms with Crippen LogP contribution in [0.2, 0.25) is 0 Å². The van der Waals surface area contributed by atoms with Gasteiger partial charge >= 0.3 is 0 Å². The summed E-state index contributed by atoms with van der Waals surface area (Å²) in [6, 6.07) is 5.99.